The molecular weight excluding hydrogens is 602 g/mol. The molecule has 5 aliphatic rings. The van der Waals surface area contributed by atoms with Crippen LogP contribution in [0.1, 0.15) is 44.1 Å². The number of nitrogens with zero attached hydrogens (tertiary/aromatic N) is 3. The van der Waals surface area contributed by atoms with Crippen molar-refractivity contribution in [1.29, 1.82) is 0 Å². The lowest BCUT2D eigenvalue weighted by molar-refractivity contribution is -0.141. The molecule has 4 fully saturated rings. The molecule has 2 N–H and O–H groups in total. The number of benzene rings is 2. The second-order valence-corrected chi connectivity index (χ2v) is 14.0. The average molecular weight is 646 g/mol. The minimum atomic E-state index is -1.15. The van der Waals surface area contributed by atoms with Crippen molar-refractivity contribution >= 4 is 35.0 Å². The van der Waals surface area contributed by atoms with Gasteiger partial charge >= 0.3 is 0 Å². The fourth-order valence-corrected chi connectivity index (χ4v) is 8.40. The Morgan fingerprint density at radius 2 is 1.61 bits per heavy atom. The Balaban J connectivity index is 1.04. The van der Waals surface area contributed by atoms with E-state index in [4.69, 9.17) is 16.3 Å². The maximum absolute atomic E-state index is 14.3. The molecule has 2 aromatic rings. The second kappa shape index (κ2) is 13.5. The van der Waals surface area contributed by atoms with Gasteiger partial charge in [0, 0.05) is 56.0 Å². The number of piperazine rings is 1. The lowest BCUT2D eigenvalue weighted by atomic mass is 9.74. The van der Waals surface area contributed by atoms with Crippen molar-refractivity contribution in [3.63, 3.8) is 0 Å². The maximum atomic E-state index is 14.3. The molecular formula is C36H44ClN5O4. The van der Waals surface area contributed by atoms with Crippen LogP contribution in [0.15, 0.2) is 66.7 Å². The highest BCUT2D eigenvalue weighted by Gasteiger charge is 2.72. The van der Waals surface area contributed by atoms with E-state index in [1.54, 1.807) is 29.2 Å². The lowest BCUT2D eigenvalue weighted by Gasteiger charge is -2.36. The highest BCUT2D eigenvalue weighted by molar-refractivity contribution is 6.30. The summed E-state index contributed by atoms with van der Waals surface area (Å²) >= 11 is 6.04. The third-order valence-electron chi connectivity index (χ3n) is 10.6. The van der Waals surface area contributed by atoms with Crippen molar-refractivity contribution < 1.29 is 19.1 Å². The zero-order chi connectivity index (χ0) is 31.7. The molecule has 10 heteroatoms. The van der Waals surface area contributed by atoms with Gasteiger partial charge in [-0.1, -0.05) is 73.3 Å². The fraction of sp³-hybridized carbons (Fsp3) is 0.528. The van der Waals surface area contributed by atoms with Gasteiger partial charge in [-0.05, 0) is 55.6 Å². The number of hydrogen-bond donors (Lipinski definition) is 2. The van der Waals surface area contributed by atoms with Crippen molar-refractivity contribution in [1.82, 2.24) is 20.0 Å². The van der Waals surface area contributed by atoms with E-state index in [0.29, 0.717) is 17.3 Å². The highest BCUT2D eigenvalue weighted by Crippen LogP contribution is 2.55. The molecule has 1 aliphatic carbocycles. The molecule has 2 aromatic carbocycles. The van der Waals surface area contributed by atoms with Crippen LogP contribution in [0.3, 0.4) is 0 Å². The van der Waals surface area contributed by atoms with Crippen LogP contribution in [-0.2, 0) is 25.7 Å². The molecule has 3 saturated heterocycles. The summed E-state index contributed by atoms with van der Waals surface area (Å²) in [6, 6.07) is 16.8. The van der Waals surface area contributed by atoms with E-state index in [1.807, 2.05) is 18.2 Å². The van der Waals surface area contributed by atoms with Crippen molar-refractivity contribution in [3.8, 4) is 0 Å². The van der Waals surface area contributed by atoms with Crippen LogP contribution < -0.4 is 10.6 Å². The number of fused-ring (bicyclic) bond motifs is 1. The van der Waals surface area contributed by atoms with Gasteiger partial charge in [0.25, 0.3) is 0 Å². The number of carbonyl (C=O) groups excluding carboxylic acids is 3. The number of amides is 3. The van der Waals surface area contributed by atoms with Crippen molar-refractivity contribution in [2.45, 2.75) is 68.9 Å². The molecule has 1 saturated carbocycles. The summed E-state index contributed by atoms with van der Waals surface area (Å²) < 4.78 is 6.52. The molecule has 0 radical (unpaired) electrons. The predicted molar refractivity (Wildman–Crippen MR) is 177 cm³/mol. The quantitative estimate of drug-likeness (QED) is 0.378. The summed E-state index contributed by atoms with van der Waals surface area (Å²) in [4.78, 5) is 48.8. The first kappa shape index (κ1) is 31.4. The average Bonchev–Trinajstić information content (AvgIpc) is 3.71. The van der Waals surface area contributed by atoms with Gasteiger partial charge in [0.2, 0.25) is 17.7 Å². The van der Waals surface area contributed by atoms with Gasteiger partial charge in [-0.25, -0.2) is 0 Å². The molecule has 244 valence electrons. The third kappa shape index (κ3) is 6.22. The van der Waals surface area contributed by atoms with Gasteiger partial charge in [-0.3, -0.25) is 19.3 Å². The van der Waals surface area contributed by atoms with Crippen molar-refractivity contribution in [3.05, 3.63) is 77.3 Å². The van der Waals surface area contributed by atoms with E-state index < -0.39 is 29.6 Å². The van der Waals surface area contributed by atoms with Crippen LogP contribution in [0, 0.1) is 11.8 Å². The standard InChI is InChI=1S/C36H44ClN5O4/c37-26-12-14-28(15-13-26)38-33(43)30-29-16-17-36(46-29)31(30)35(45)42(32(36)34(44)39-27-10-5-2-6-11-27)19-7-18-40-20-22-41(23-21-40)24-25-8-3-1-4-9-25/h1,3-4,8-9,12-17,27,29-32H,2,5-7,10-11,18-24H2,(H,38,43)(H,39,44)/t29-,30+,31-,32-,36-/m0/s1. The van der Waals surface area contributed by atoms with E-state index in [1.165, 1.54) is 12.0 Å². The number of likely N-dealkylation sites (tertiary alicyclic amines) is 1. The Morgan fingerprint density at radius 3 is 2.35 bits per heavy atom. The van der Waals surface area contributed by atoms with Crippen LogP contribution in [0.5, 0.6) is 0 Å². The van der Waals surface area contributed by atoms with Crippen LogP contribution in [0.4, 0.5) is 5.69 Å². The first-order valence-electron chi connectivity index (χ1n) is 16.9. The first-order chi connectivity index (χ1) is 22.4. The molecule has 7 rings (SSSR count). The SMILES string of the molecule is O=C(Nc1ccc(Cl)cc1)[C@@H]1[C@@H]2C=C[C@]3(O2)[C@@H]1C(=O)N(CCCN1CCN(Cc2ccccc2)CC1)[C@H]3C(=O)NC1CCCCC1. The van der Waals surface area contributed by atoms with E-state index >= 15 is 0 Å². The van der Waals surface area contributed by atoms with Gasteiger partial charge in [0.1, 0.15) is 11.6 Å². The van der Waals surface area contributed by atoms with Crippen LogP contribution in [-0.4, -0.2) is 95.5 Å². The molecule has 3 amide bonds. The summed E-state index contributed by atoms with van der Waals surface area (Å²) in [5.41, 5.74) is 0.787. The number of anilines is 1. The second-order valence-electron chi connectivity index (χ2n) is 13.5. The normalized spacial score (nSPS) is 29.7. The van der Waals surface area contributed by atoms with E-state index in [2.05, 4.69) is 44.7 Å². The first-order valence-corrected chi connectivity index (χ1v) is 17.3. The van der Waals surface area contributed by atoms with Crippen LogP contribution >= 0.6 is 11.6 Å². The summed E-state index contributed by atoms with van der Waals surface area (Å²) in [7, 11) is 0. The minimum Gasteiger partial charge on any atom is -0.359 e. The van der Waals surface area contributed by atoms with Gasteiger partial charge in [-0.15, -0.1) is 0 Å². The number of hydrogen-bond acceptors (Lipinski definition) is 6. The Hall–Kier alpha value is -3.24. The molecule has 4 heterocycles. The molecule has 0 aromatic heterocycles. The number of rotatable bonds is 10. The number of carbonyl (C=O) groups is 3. The smallest absolute Gasteiger partial charge is 0.246 e. The molecule has 0 unspecified atom stereocenters. The van der Waals surface area contributed by atoms with E-state index in [0.717, 1.165) is 71.4 Å². The molecule has 46 heavy (non-hydrogen) atoms. The molecule has 4 aliphatic heterocycles. The van der Waals surface area contributed by atoms with Gasteiger partial charge in [-0.2, -0.15) is 0 Å². The maximum Gasteiger partial charge on any atom is 0.246 e. The Morgan fingerprint density at radius 1 is 0.891 bits per heavy atom. The van der Waals surface area contributed by atoms with Crippen LogP contribution in [0.25, 0.3) is 0 Å². The Kier molecular flexibility index (Phi) is 9.19. The molecule has 5 atom stereocenters. The molecule has 9 nitrogen and oxygen atoms in total. The van der Waals surface area contributed by atoms with Gasteiger partial charge in [0.05, 0.1) is 17.9 Å². The summed E-state index contributed by atoms with van der Waals surface area (Å²) in [5.74, 6) is -2.08. The van der Waals surface area contributed by atoms with E-state index in [9.17, 15) is 14.4 Å². The fourth-order valence-electron chi connectivity index (χ4n) is 8.27. The molecule has 2 bridgehead atoms. The van der Waals surface area contributed by atoms with Gasteiger partial charge in [0.15, 0.2) is 0 Å². The third-order valence-corrected chi connectivity index (χ3v) is 10.8. The highest BCUT2D eigenvalue weighted by atomic mass is 35.5. The largest absolute Gasteiger partial charge is 0.359 e. The Bertz CT molecular complexity index is 1440. The minimum absolute atomic E-state index is 0.104. The number of halogens is 1. The summed E-state index contributed by atoms with van der Waals surface area (Å²) in [6.45, 7) is 6.19. The van der Waals surface area contributed by atoms with Crippen molar-refractivity contribution in [2.24, 2.45) is 11.8 Å². The van der Waals surface area contributed by atoms with E-state index in [-0.39, 0.29) is 23.8 Å². The Labute approximate surface area is 276 Å². The van der Waals surface area contributed by atoms with Gasteiger partial charge < -0.3 is 25.2 Å². The zero-order valence-corrected chi connectivity index (χ0v) is 27.0. The summed E-state index contributed by atoms with van der Waals surface area (Å²) in [6.07, 6.45) is 9.22. The molecule has 1 spiro atoms. The number of ether oxygens (including phenoxy) is 1. The zero-order valence-electron chi connectivity index (χ0n) is 26.3. The topological polar surface area (TPSA) is 94.2 Å². The monoisotopic (exact) mass is 645 g/mol. The summed E-state index contributed by atoms with van der Waals surface area (Å²) in [5, 5.41) is 6.82. The predicted octanol–water partition coefficient (Wildman–Crippen LogP) is 4.09. The van der Waals surface area contributed by atoms with Crippen LogP contribution in [0.2, 0.25) is 5.02 Å². The lowest BCUT2D eigenvalue weighted by Crippen LogP contribution is -2.56. The van der Waals surface area contributed by atoms with Crippen molar-refractivity contribution in [2.75, 3.05) is 44.6 Å². The number of nitrogens with one attached hydrogen (secondary N) is 2.